The molecule has 0 radical (unpaired) electrons. The molecule has 5 heteroatoms. The molecule has 1 heterocycles. The van der Waals surface area contributed by atoms with Crippen molar-refractivity contribution in [2.24, 2.45) is 5.92 Å². The topological polar surface area (TPSA) is 50.1 Å². The summed E-state index contributed by atoms with van der Waals surface area (Å²) in [7, 11) is 0. The van der Waals surface area contributed by atoms with Gasteiger partial charge in [-0.25, -0.2) is 0 Å². The summed E-state index contributed by atoms with van der Waals surface area (Å²) in [6, 6.07) is 7.91. The van der Waals surface area contributed by atoms with Crippen LogP contribution >= 0.6 is 11.6 Å². The molecule has 2 N–H and O–H groups in total. The molecule has 24 heavy (non-hydrogen) atoms. The predicted octanol–water partition coefficient (Wildman–Crippen LogP) is 3.45. The smallest absolute Gasteiger partial charge is 0.0662 e. The summed E-state index contributed by atoms with van der Waals surface area (Å²) in [6.45, 7) is 6.62. The van der Waals surface area contributed by atoms with Gasteiger partial charge in [0.1, 0.15) is 0 Å². The molecule has 1 aromatic heterocycles. The molecule has 0 aliphatic heterocycles. The van der Waals surface area contributed by atoms with Gasteiger partial charge >= 0.3 is 0 Å². The van der Waals surface area contributed by atoms with E-state index in [1.165, 1.54) is 16.8 Å². The van der Waals surface area contributed by atoms with Gasteiger partial charge in [0.25, 0.3) is 0 Å². The van der Waals surface area contributed by atoms with Crippen molar-refractivity contribution in [2.75, 3.05) is 6.54 Å². The van der Waals surface area contributed by atoms with Crippen LogP contribution in [0.3, 0.4) is 0 Å². The van der Waals surface area contributed by atoms with E-state index in [1.54, 1.807) is 0 Å². The normalized spacial score (nSPS) is 20.7. The van der Waals surface area contributed by atoms with E-state index in [0.717, 1.165) is 49.6 Å². The van der Waals surface area contributed by atoms with Crippen LogP contribution in [-0.4, -0.2) is 27.5 Å². The van der Waals surface area contributed by atoms with Crippen molar-refractivity contribution in [1.82, 2.24) is 15.1 Å². The number of hydrogen-bond donors (Lipinski definition) is 2. The fourth-order valence-corrected chi connectivity index (χ4v) is 3.67. The van der Waals surface area contributed by atoms with Crippen molar-refractivity contribution in [3.05, 3.63) is 51.8 Å². The molecule has 3 rings (SSSR count). The molecule has 1 saturated carbocycles. The zero-order valence-electron chi connectivity index (χ0n) is 14.4. The van der Waals surface area contributed by atoms with E-state index in [4.69, 9.17) is 11.6 Å². The van der Waals surface area contributed by atoms with Gasteiger partial charge in [0, 0.05) is 29.4 Å². The first-order chi connectivity index (χ1) is 11.5. The first kappa shape index (κ1) is 17.5. The van der Waals surface area contributed by atoms with Crippen LogP contribution < -0.4 is 5.32 Å². The van der Waals surface area contributed by atoms with Crippen LogP contribution in [0.15, 0.2) is 24.3 Å². The third-order valence-corrected chi connectivity index (χ3v) is 5.36. The zero-order valence-corrected chi connectivity index (χ0v) is 15.2. The largest absolute Gasteiger partial charge is 0.393 e. The summed E-state index contributed by atoms with van der Waals surface area (Å²) in [6.07, 6.45) is 3.09. The minimum Gasteiger partial charge on any atom is -0.393 e. The van der Waals surface area contributed by atoms with E-state index in [1.807, 2.05) is 24.3 Å². The van der Waals surface area contributed by atoms with Gasteiger partial charge < -0.3 is 10.4 Å². The van der Waals surface area contributed by atoms with Crippen LogP contribution in [0, 0.1) is 19.8 Å². The standard InChI is InChI=1S/C19H26ClN3O/c1-13-18(11-21-10-16-4-3-5-19(16)24)14(2)23(22-13)12-15-6-8-17(20)9-7-15/h6-9,16,19,21,24H,3-5,10-12H2,1-2H3. The second-order valence-electron chi connectivity index (χ2n) is 6.82. The summed E-state index contributed by atoms with van der Waals surface area (Å²) in [5, 5.41) is 18.9. The molecule has 0 saturated heterocycles. The number of aliphatic hydroxyl groups excluding tert-OH is 1. The van der Waals surface area contributed by atoms with E-state index < -0.39 is 0 Å². The van der Waals surface area contributed by atoms with Crippen LogP contribution in [0.1, 0.15) is 41.8 Å². The highest BCUT2D eigenvalue weighted by Crippen LogP contribution is 2.25. The number of benzene rings is 1. The van der Waals surface area contributed by atoms with E-state index in [9.17, 15) is 5.11 Å². The molecule has 2 aromatic rings. The molecule has 4 nitrogen and oxygen atoms in total. The van der Waals surface area contributed by atoms with Gasteiger partial charge in [0.2, 0.25) is 0 Å². The fourth-order valence-electron chi connectivity index (χ4n) is 3.54. The van der Waals surface area contributed by atoms with Gasteiger partial charge in [-0.05, 0) is 50.3 Å². The third-order valence-electron chi connectivity index (χ3n) is 5.10. The van der Waals surface area contributed by atoms with Crippen LogP contribution in [-0.2, 0) is 13.1 Å². The number of nitrogens with one attached hydrogen (secondary N) is 1. The van der Waals surface area contributed by atoms with Crippen molar-refractivity contribution in [3.63, 3.8) is 0 Å². The fraction of sp³-hybridized carbons (Fsp3) is 0.526. The predicted molar refractivity (Wildman–Crippen MR) is 97.3 cm³/mol. The lowest BCUT2D eigenvalue weighted by Gasteiger charge is -2.15. The second kappa shape index (κ2) is 7.68. The average molecular weight is 348 g/mol. The Bertz CT molecular complexity index is 681. The van der Waals surface area contributed by atoms with E-state index >= 15 is 0 Å². The van der Waals surface area contributed by atoms with Crippen molar-refractivity contribution >= 4 is 11.6 Å². The van der Waals surface area contributed by atoms with Gasteiger partial charge in [-0.1, -0.05) is 30.2 Å². The second-order valence-corrected chi connectivity index (χ2v) is 7.26. The van der Waals surface area contributed by atoms with Crippen molar-refractivity contribution in [2.45, 2.75) is 52.3 Å². The van der Waals surface area contributed by atoms with Gasteiger partial charge in [-0.2, -0.15) is 5.10 Å². The molecular weight excluding hydrogens is 322 g/mol. The highest BCUT2D eigenvalue weighted by molar-refractivity contribution is 6.30. The number of aryl methyl sites for hydroxylation is 1. The molecule has 2 atom stereocenters. The van der Waals surface area contributed by atoms with Gasteiger partial charge in [-0.15, -0.1) is 0 Å². The first-order valence-corrected chi connectivity index (χ1v) is 9.08. The molecule has 0 spiro atoms. The molecule has 1 aliphatic rings. The number of rotatable bonds is 6. The summed E-state index contributed by atoms with van der Waals surface area (Å²) in [5.41, 5.74) is 4.72. The van der Waals surface area contributed by atoms with Gasteiger partial charge in [0.05, 0.1) is 18.3 Å². The number of hydrogen-bond acceptors (Lipinski definition) is 3. The molecular formula is C19H26ClN3O. The third kappa shape index (κ3) is 4.00. The Kier molecular flexibility index (Phi) is 5.59. The van der Waals surface area contributed by atoms with Crippen LogP contribution in [0.25, 0.3) is 0 Å². The lowest BCUT2D eigenvalue weighted by atomic mass is 10.1. The minimum atomic E-state index is -0.132. The lowest BCUT2D eigenvalue weighted by Crippen LogP contribution is -2.27. The van der Waals surface area contributed by atoms with E-state index in [2.05, 4.69) is 28.9 Å². The number of aliphatic hydroxyl groups is 1. The van der Waals surface area contributed by atoms with E-state index in [-0.39, 0.29) is 6.10 Å². The van der Waals surface area contributed by atoms with Crippen LogP contribution in [0.2, 0.25) is 5.02 Å². The average Bonchev–Trinajstić information content (AvgIpc) is 3.08. The summed E-state index contributed by atoms with van der Waals surface area (Å²) >= 11 is 5.95. The summed E-state index contributed by atoms with van der Waals surface area (Å²) in [4.78, 5) is 0. The maximum Gasteiger partial charge on any atom is 0.0662 e. The Hall–Kier alpha value is -1.36. The number of aromatic nitrogens is 2. The molecule has 130 valence electrons. The maximum absolute atomic E-state index is 9.92. The number of halogens is 1. The SMILES string of the molecule is Cc1nn(Cc2ccc(Cl)cc2)c(C)c1CNCC1CCCC1O. The molecule has 2 unspecified atom stereocenters. The number of nitrogens with zero attached hydrogens (tertiary/aromatic N) is 2. The molecule has 0 amide bonds. The highest BCUT2D eigenvalue weighted by Gasteiger charge is 2.24. The van der Waals surface area contributed by atoms with Crippen molar-refractivity contribution in [1.29, 1.82) is 0 Å². The summed E-state index contributed by atoms with van der Waals surface area (Å²) < 4.78 is 2.06. The van der Waals surface area contributed by atoms with Crippen LogP contribution in [0.5, 0.6) is 0 Å². The zero-order chi connectivity index (χ0) is 17.1. The minimum absolute atomic E-state index is 0.132. The molecule has 0 bridgehead atoms. The van der Waals surface area contributed by atoms with Crippen molar-refractivity contribution in [3.8, 4) is 0 Å². The Morgan fingerprint density at radius 3 is 2.67 bits per heavy atom. The Labute approximate surface area is 148 Å². The Morgan fingerprint density at radius 2 is 2.00 bits per heavy atom. The molecule has 1 aromatic carbocycles. The Balaban J connectivity index is 1.62. The first-order valence-electron chi connectivity index (χ1n) is 8.70. The quantitative estimate of drug-likeness (QED) is 0.841. The highest BCUT2D eigenvalue weighted by atomic mass is 35.5. The molecule has 1 aliphatic carbocycles. The van der Waals surface area contributed by atoms with E-state index in [0.29, 0.717) is 5.92 Å². The lowest BCUT2D eigenvalue weighted by molar-refractivity contribution is 0.131. The Morgan fingerprint density at radius 1 is 1.25 bits per heavy atom. The maximum atomic E-state index is 9.92. The summed E-state index contributed by atoms with van der Waals surface area (Å²) in [5.74, 6) is 0.398. The van der Waals surface area contributed by atoms with Crippen molar-refractivity contribution < 1.29 is 5.11 Å². The van der Waals surface area contributed by atoms with Crippen LogP contribution in [0.4, 0.5) is 0 Å². The molecule has 1 fully saturated rings. The van der Waals surface area contributed by atoms with Gasteiger partial charge in [-0.3, -0.25) is 4.68 Å². The monoisotopic (exact) mass is 347 g/mol. The van der Waals surface area contributed by atoms with Gasteiger partial charge in [0.15, 0.2) is 0 Å².